The van der Waals surface area contributed by atoms with Gasteiger partial charge in [0.05, 0.1) is 11.6 Å². The molecule has 7 nitrogen and oxygen atoms in total. The third-order valence-corrected chi connectivity index (χ3v) is 4.07. The van der Waals surface area contributed by atoms with Gasteiger partial charge in [-0.25, -0.2) is 4.79 Å². The summed E-state index contributed by atoms with van der Waals surface area (Å²) in [5, 5.41) is 11.5. The van der Waals surface area contributed by atoms with E-state index in [1.165, 1.54) is 6.92 Å². The quantitative estimate of drug-likeness (QED) is 0.550. The highest BCUT2D eigenvalue weighted by Gasteiger charge is 2.18. The standard InChI is InChI=1S/C24H20N2O5/c1-17(30-21-12-10-18(15-25)11-13-21)24(28)29-16-23(27)26-19-6-5-9-22(14-19)31-20-7-3-2-4-8-20/h2-14,17H,16H2,1H3,(H,26,27). The van der Waals surface area contributed by atoms with Crippen molar-refractivity contribution in [2.45, 2.75) is 13.0 Å². The number of ether oxygens (including phenoxy) is 3. The summed E-state index contributed by atoms with van der Waals surface area (Å²) in [5.41, 5.74) is 0.994. The molecule has 0 aliphatic rings. The van der Waals surface area contributed by atoms with E-state index in [1.54, 1.807) is 48.5 Å². The number of hydrogen-bond donors (Lipinski definition) is 1. The van der Waals surface area contributed by atoms with E-state index in [0.29, 0.717) is 28.5 Å². The summed E-state index contributed by atoms with van der Waals surface area (Å²) in [6.07, 6.45) is -0.914. The van der Waals surface area contributed by atoms with Gasteiger partial charge in [-0.1, -0.05) is 24.3 Å². The van der Waals surface area contributed by atoms with Gasteiger partial charge < -0.3 is 19.5 Å². The van der Waals surface area contributed by atoms with Crippen LogP contribution in [-0.4, -0.2) is 24.6 Å². The molecule has 0 aliphatic heterocycles. The van der Waals surface area contributed by atoms with Gasteiger partial charge in [-0.2, -0.15) is 5.26 Å². The molecule has 0 saturated carbocycles. The maximum atomic E-state index is 12.1. The molecule has 1 atom stereocenters. The van der Waals surface area contributed by atoms with Gasteiger partial charge in [0.1, 0.15) is 17.2 Å². The minimum absolute atomic E-state index is 0.420. The summed E-state index contributed by atoms with van der Waals surface area (Å²) >= 11 is 0. The second-order valence-corrected chi connectivity index (χ2v) is 6.50. The zero-order valence-electron chi connectivity index (χ0n) is 16.8. The fourth-order valence-corrected chi connectivity index (χ4v) is 2.57. The van der Waals surface area contributed by atoms with E-state index >= 15 is 0 Å². The molecule has 0 bridgehead atoms. The first-order valence-corrected chi connectivity index (χ1v) is 9.50. The molecule has 0 spiro atoms. The lowest BCUT2D eigenvalue weighted by atomic mass is 10.2. The molecule has 156 valence electrons. The number of benzene rings is 3. The molecule has 0 fully saturated rings. The molecule has 1 N–H and O–H groups in total. The largest absolute Gasteiger partial charge is 0.479 e. The average molecular weight is 416 g/mol. The highest BCUT2D eigenvalue weighted by molar-refractivity contribution is 5.93. The Morgan fingerprint density at radius 3 is 2.35 bits per heavy atom. The molecule has 1 amide bonds. The number of carbonyl (C=O) groups excluding carboxylic acids is 2. The van der Waals surface area contributed by atoms with Crippen LogP contribution >= 0.6 is 0 Å². The van der Waals surface area contributed by atoms with Crippen molar-refractivity contribution >= 4 is 17.6 Å². The maximum Gasteiger partial charge on any atom is 0.347 e. The lowest BCUT2D eigenvalue weighted by molar-refractivity contribution is -0.153. The summed E-state index contributed by atoms with van der Waals surface area (Å²) in [6, 6.07) is 24.5. The molecule has 0 aromatic heterocycles. The van der Waals surface area contributed by atoms with Crippen LogP contribution in [0.3, 0.4) is 0 Å². The average Bonchev–Trinajstić information content (AvgIpc) is 2.79. The first kappa shape index (κ1) is 21.4. The van der Waals surface area contributed by atoms with Crippen LogP contribution in [0, 0.1) is 11.3 Å². The van der Waals surface area contributed by atoms with Gasteiger partial charge in [0.15, 0.2) is 12.7 Å². The molecule has 0 aliphatic carbocycles. The van der Waals surface area contributed by atoms with E-state index in [4.69, 9.17) is 19.5 Å². The van der Waals surface area contributed by atoms with E-state index in [9.17, 15) is 9.59 Å². The Hall–Kier alpha value is -4.31. The number of para-hydroxylation sites is 1. The maximum absolute atomic E-state index is 12.1. The Labute approximate surface area is 179 Å². The van der Waals surface area contributed by atoms with E-state index in [2.05, 4.69) is 5.32 Å². The van der Waals surface area contributed by atoms with Crippen LogP contribution in [0.15, 0.2) is 78.9 Å². The predicted octanol–water partition coefficient (Wildman–Crippen LogP) is 4.30. The number of nitrogens with one attached hydrogen (secondary N) is 1. The summed E-state index contributed by atoms with van der Waals surface area (Å²) in [4.78, 5) is 24.2. The van der Waals surface area contributed by atoms with Crippen molar-refractivity contribution in [3.8, 4) is 23.3 Å². The molecule has 31 heavy (non-hydrogen) atoms. The first-order valence-electron chi connectivity index (χ1n) is 9.50. The van der Waals surface area contributed by atoms with Crippen molar-refractivity contribution in [2.75, 3.05) is 11.9 Å². The van der Waals surface area contributed by atoms with Gasteiger partial charge in [0.2, 0.25) is 0 Å². The van der Waals surface area contributed by atoms with Gasteiger partial charge in [0.25, 0.3) is 5.91 Å². The Morgan fingerprint density at radius 2 is 1.65 bits per heavy atom. The van der Waals surface area contributed by atoms with Crippen LogP contribution in [0.25, 0.3) is 0 Å². The Balaban J connectivity index is 1.47. The van der Waals surface area contributed by atoms with Crippen molar-refractivity contribution in [1.29, 1.82) is 5.26 Å². The molecule has 1 unspecified atom stereocenters. The summed E-state index contributed by atoms with van der Waals surface area (Å²) < 4.78 is 16.2. The Morgan fingerprint density at radius 1 is 0.935 bits per heavy atom. The van der Waals surface area contributed by atoms with E-state index in [0.717, 1.165) is 0 Å². The Bertz CT molecular complexity index is 1080. The van der Waals surface area contributed by atoms with E-state index in [1.807, 2.05) is 36.4 Å². The first-order chi connectivity index (χ1) is 15.0. The van der Waals surface area contributed by atoms with Crippen LogP contribution in [-0.2, 0) is 14.3 Å². The second-order valence-electron chi connectivity index (χ2n) is 6.50. The summed E-state index contributed by atoms with van der Waals surface area (Å²) in [5.74, 6) is 0.487. The smallest absolute Gasteiger partial charge is 0.347 e. The van der Waals surface area contributed by atoms with Gasteiger partial charge >= 0.3 is 5.97 Å². The lowest BCUT2D eigenvalue weighted by Crippen LogP contribution is -2.29. The van der Waals surface area contributed by atoms with Crippen molar-refractivity contribution in [3.63, 3.8) is 0 Å². The normalized spacial score (nSPS) is 11.0. The molecular weight excluding hydrogens is 396 g/mol. The number of anilines is 1. The second kappa shape index (κ2) is 10.5. The number of hydrogen-bond acceptors (Lipinski definition) is 6. The van der Waals surface area contributed by atoms with Crippen LogP contribution in [0.4, 0.5) is 5.69 Å². The number of nitriles is 1. The monoisotopic (exact) mass is 416 g/mol. The number of esters is 1. The fraction of sp³-hybridized carbons (Fsp3) is 0.125. The van der Waals surface area contributed by atoms with Gasteiger partial charge in [0, 0.05) is 11.8 Å². The van der Waals surface area contributed by atoms with Gasteiger partial charge in [-0.3, -0.25) is 4.79 Å². The fourth-order valence-electron chi connectivity index (χ4n) is 2.57. The van der Waals surface area contributed by atoms with Crippen molar-refractivity contribution in [3.05, 3.63) is 84.4 Å². The zero-order valence-corrected chi connectivity index (χ0v) is 16.8. The molecule has 3 rings (SSSR count). The third kappa shape index (κ3) is 6.61. The highest BCUT2D eigenvalue weighted by atomic mass is 16.6. The zero-order chi connectivity index (χ0) is 22.1. The number of nitrogens with zero attached hydrogens (tertiary/aromatic N) is 1. The van der Waals surface area contributed by atoms with Crippen molar-refractivity contribution in [2.24, 2.45) is 0 Å². The summed E-state index contributed by atoms with van der Waals surface area (Å²) in [6.45, 7) is 1.06. The van der Waals surface area contributed by atoms with Crippen molar-refractivity contribution in [1.82, 2.24) is 0 Å². The highest BCUT2D eigenvalue weighted by Crippen LogP contribution is 2.23. The van der Waals surface area contributed by atoms with E-state index < -0.39 is 24.6 Å². The van der Waals surface area contributed by atoms with E-state index in [-0.39, 0.29) is 0 Å². The molecular formula is C24H20N2O5. The predicted molar refractivity (Wildman–Crippen MR) is 114 cm³/mol. The molecule has 7 heteroatoms. The molecule has 3 aromatic rings. The minimum Gasteiger partial charge on any atom is -0.479 e. The number of carbonyl (C=O) groups is 2. The Kier molecular flexibility index (Phi) is 7.22. The SMILES string of the molecule is CC(Oc1ccc(C#N)cc1)C(=O)OCC(=O)Nc1cccc(Oc2ccccc2)c1. The number of amides is 1. The lowest BCUT2D eigenvalue weighted by Gasteiger charge is -2.14. The summed E-state index contributed by atoms with van der Waals surface area (Å²) in [7, 11) is 0. The molecule has 3 aromatic carbocycles. The van der Waals surface area contributed by atoms with Gasteiger partial charge in [-0.05, 0) is 55.5 Å². The van der Waals surface area contributed by atoms with Crippen molar-refractivity contribution < 1.29 is 23.8 Å². The van der Waals surface area contributed by atoms with Crippen LogP contribution in [0.2, 0.25) is 0 Å². The topological polar surface area (TPSA) is 97.6 Å². The van der Waals surface area contributed by atoms with Crippen LogP contribution in [0.1, 0.15) is 12.5 Å². The number of rotatable bonds is 8. The van der Waals surface area contributed by atoms with Crippen LogP contribution in [0.5, 0.6) is 17.2 Å². The van der Waals surface area contributed by atoms with Crippen LogP contribution < -0.4 is 14.8 Å². The molecule has 0 radical (unpaired) electrons. The van der Waals surface area contributed by atoms with Gasteiger partial charge in [-0.15, -0.1) is 0 Å². The third-order valence-electron chi connectivity index (χ3n) is 4.07. The minimum atomic E-state index is -0.914. The molecule has 0 saturated heterocycles. The molecule has 0 heterocycles.